The Hall–Kier alpha value is -0.500. The molecule has 2 heteroatoms. The number of allylic oxidation sites excluding steroid dienone is 3. The molecule has 0 aliphatic rings. The maximum Gasteiger partial charge on any atom is 0.139 e. The zero-order chi connectivity index (χ0) is 9.98. The zero-order valence-electron chi connectivity index (χ0n) is 8.06. The molecule has 0 nitrogen and oxygen atoms in total. The number of hydrogen-bond donors (Lipinski definition) is 0. The minimum absolute atomic E-state index is 0.417. The molecule has 0 radical (unpaired) electrons. The molecule has 70 valence electrons. The van der Waals surface area contributed by atoms with Crippen LogP contribution in [0.25, 0.3) is 0 Å². The van der Waals surface area contributed by atoms with Gasteiger partial charge in [0.15, 0.2) is 0 Å². The summed E-state index contributed by atoms with van der Waals surface area (Å²) in [5.74, 6) is 0. The number of alkyl halides is 1. The molecule has 0 aromatic carbocycles. The maximum atomic E-state index is 11.6. The van der Waals surface area contributed by atoms with Crippen molar-refractivity contribution in [1.29, 1.82) is 0 Å². The van der Waals surface area contributed by atoms with Crippen LogP contribution in [0, 0.1) is 0 Å². The second-order valence-electron chi connectivity index (χ2n) is 1.90. The first-order valence-electron chi connectivity index (χ1n) is 3.88. The van der Waals surface area contributed by atoms with Crippen molar-refractivity contribution in [2.75, 3.05) is 6.01 Å². The van der Waals surface area contributed by atoms with Gasteiger partial charge in [-0.3, -0.25) is 0 Å². The molecule has 0 bridgehead atoms. The topological polar surface area (TPSA) is 0 Å². The predicted molar refractivity (Wildman–Crippen MR) is 58.0 cm³/mol. The highest BCUT2D eigenvalue weighted by Gasteiger charge is 1.86. The van der Waals surface area contributed by atoms with Gasteiger partial charge in [0.2, 0.25) is 0 Å². The summed E-state index contributed by atoms with van der Waals surface area (Å²) in [6.45, 7) is 13.1. The smallest absolute Gasteiger partial charge is 0.139 e. The van der Waals surface area contributed by atoms with Crippen LogP contribution in [0.15, 0.2) is 35.8 Å². The molecule has 0 spiro atoms. The number of hydrogen-bond acceptors (Lipinski definition) is 1. The van der Waals surface area contributed by atoms with Gasteiger partial charge in [-0.1, -0.05) is 50.4 Å². The van der Waals surface area contributed by atoms with Crippen molar-refractivity contribution in [3.05, 3.63) is 35.8 Å². The van der Waals surface area contributed by atoms with Crippen molar-refractivity contribution in [3.8, 4) is 0 Å². The minimum Gasteiger partial charge on any atom is -0.239 e. The van der Waals surface area contributed by atoms with Crippen LogP contribution >= 0.6 is 11.8 Å². The second-order valence-corrected chi connectivity index (χ2v) is 2.93. The van der Waals surface area contributed by atoms with E-state index in [1.54, 1.807) is 6.08 Å². The molecule has 0 atom stereocenters. The van der Waals surface area contributed by atoms with Gasteiger partial charge in [-0.15, -0.1) is 0 Å². The lowest BCUT2D eigenvalue weighted by Crippen LogP contribution is -1.68. The highest BCUT2D eigenvalue weighted by atomic mass is 32.2. The molecular weight excluding hydrogens is 171 g/mol. The van der Waals surface area contributed by atoms with Gasteiger partial charge in [-0.25, -0.2) is 4.39 Å². The normalized spacial score (nSPS) is 9.00. The fourth-order valence-electron chi connectivity index (χ4n) is 0.353. The van der Waals surface area contributed by atoms with E-state index >= 15 is 0 Å². The van der Waals surface area contributed by atoms with Crippen molar-refractivity contribution >= 4 is 11.8 Å². The summed E-state index contributed by atoms with van der Waals surface area (Å²) in [5.41, 5.74) is 0.945. The standard InChI is InChI=1S/C8H11FS.C2H6/c1-7(2)4-5-8(3)10-6-9;1-2/h4-5H,1,3,6H2,2H3;1-2H3/b5-4-;. The minimum atomic E-state index is -0.417. The van der Waals surface area contributed by atoms with Crippen LogP contribution in [-0.2, 0) is 0 Å². The van der Waals surface area contributed by atoms with E-state index in [4.69, 9.17) is 0 Å². The van der Waals surface area contributed by atoms with Crippen LogP contribution in [0.5, 0.6) is 0 Å². The monoisotopic (exact) mass is 188 g/mol. The van der Waals surface area contributed by atoms with E-state index in [1.807, 2.05) is 26.8 Å². The quantitative estimate of drug-likeness (QED) is 0.592. The van der Waals surface area contributed by atoms with Crippen LogP contribution in [0.4, 0.5) is 4.39 Å². The number of halogens is 1. The van der Waals surface area contributed by atoms with Crippen LogP contribution in [0.3, 0.4) is 0 Å². The Labute approximate surface area is 79.2 Å². The molecule has 0 aromatic heterocycles. The first-order valence-corrected chi connectivity index (χ1v) is 4.86. The van der Waals surface area contributed by atoms with E-state index < -0.39 is 6.01 Å². The molecule has 0 saturated carbocycles. The van der Waals surface area contributed by atoms with Gasteiger partial charge in [-0.05, 0) is 13.0 Å². The Balaban J connectivity index is 0. The third-order valence-electron chi connectivity index (χ3n) is 0.794. The average Bonchev–Trinajstić information content (AvgIpc) is 2.05. The van der Waals surface area contributed by atoms with E-state index in [0.717, 1.165) is 22.2 Å². The first kappa shape index (κ1) is 14.0. The van der Waals surface area contributed by atoms with Gasteiger partial charge in [-0.2, -0.15) is 0 Å². The maximum absolute atomic E-state index is 11.6. The molecular formula is C10H17FS. The second kappa shape index (κ2) is 10.5. The van der Waals surface area contributed by atoms with Gasteiger partial charge in [0.25, 0.3) is 0 Å². The van der Waals surface area contributed by atoms with Crippen LogP contribution < -0.4 is 0 Å². The number of thioether (sulfide) groups is 1. The van der Waals surface area contributed by atoms with Gasteiger partial charge < -0.3 is 0 Å². The Morgan fingerprint density at radius 2 is 1.83 bits per heavy atom. The Kier molecular flexibility index (Phi) is 12.3. The third kappa shape index (κ3) is 12.2. The summed E-state index contributed by atoms with van der Waals surface area (Å²) in [6.07, 6.45) is 3.57. The van der Waals surface area contributed by atoms with E-state index in [1.165, 1.54) is 0 Å². The lowest BCUT2D eigenvalue weighted by molar-refractivity contribution is 0.607. The highest BCUT2D eigenvalue weighted by molar-refractivity contribution is 8.03. The van der Waals surface area contributed by atoms with Crippen molar-refractivity contribution < 1.29 is 4.39 Å². The highest BCUT2D eigenvalue weighted by Crippen LogP contribution is 2.14. The molecule has 0 N–H and O–H groups in total. The van der Waals surface area contributed by atoms with Crippen molar-refractivity contribution in [2.24, 2.45) is 0 Å². The molecule has 0 rings (SSSR count). The summed E-state index contributed by atoms with van der Waals surface area (Å²) in [7, 11) is 0. The van der Waals surface area contributed by atoms with E-state index in [9.17, 15) is 4.39 Å². The Morgan fingerprint density at radius 1 is 1.33 bits per heavy atom. The van der Waals surface area contributed by atoms with Gasteiger partial charge >= 0.3 is 0 Å². The molecule has 0 aromatic rings. The molecule has 0 fully saturated rings. The predicted octanol–water partition coefficient (Wildman–Crippen LogP) is 4.32. The van der Waals surface area contributed by atoms with E-state index in [-0.39, 0.29) is 0 Å². The fourth-order valence-corrected chi connectivity index (χ4v) is 0.658. The average molecular weight is 188 g/mol. The summed E-state index contributed by atoms with van der Waals surface area (Å²) < 4.78 is 11.6. The van der Waals surface area contributed by atoms with Crippen molar-refractivity contribution in [1.82, 2.24) is 0 Å². The van der Waals surface area contributed by atoms with Gasteiger partial charge in [0.1, 0.15) is 6.01 Å². The van der Waals surface area contributed by atoms with Crippen LogP contribution in [0.2, 0.25) is 0 Å². The van der Waals surface area contributed by atoms with Crippen molar-refractivity contribution in [3.63, 3.8) is 0 Å². The molecule has 0 aliphatic heterocycles. The van der Waals surface area contributed by atoms with Gasteiger partial charge in [0.05, 0.1) is 0 Å². The molecule has 0 saturated heterocycles. The van der Waals surface area contributed by atoms with Crippen LogP contribution in [0.1, 0.15) is 20.8 Å². The largest absolute Gasteiger partial charge is 0.239 e. The molecule has 0 amide bonds. The molecule has 12 heavy (non-hydrogen) atoms. The van der Waals surface area contributed by atoms with Crippen molar-refractivity contribution in [2.45, 2.75) is 20.8 Å². The van der Waals surface area contributed by atoms with Gasteiger partial charge in [0, 0.05) is 4.91 Å². The lowest BCUT2D eigenvalue weighted by atomic mass is 10.3. The molecule has 0 heterocycles. The first-order chi connectivity index (χ1) is 5.66. The summed E-state index contributed by atoms with van der Waals surface area (Å²) in [4.78, 5) is 0.727. The van der Waals surface area contributed by atoms with Crippen LogP contribution in [-0.4, -0.2) is 6.01 Å². The zero-order valence-corrected chi connectivity index (χ0v) is 8.88. The lowest BCUT2D eigenvalue weighted by Gasteiger charge is -1.91. The Bertz CT molecular complexity index is 159. The summed E-state index contributed by atoms with van der Waals surface area (Å²) in [6, 6.07) is -0.417. The molecule has 0 aliphatic carbocycles. The van der Waals surface area contributed by atoms with E-state index in [2.05, 4.69) is 13.2 Å². The summed E-state index contributed by atoms with van der Waals surface area (Å²) >= 11 is 1.08. The third-order valence-corrected chi connectivity index (χ3v) is 1.41. The Morgan fingerprint density at radius 3 is 2.17 bits per heavy atom. The summed E-state index contributed by atoms with van der Waals surface area (Å²) in [5, 5.41) is 0. The number of rotatable bonds is 4. The fraction of sp³-hybridized carbons (Fsp3) is 0.400. The molecule has 0 unspecified atom stereocenters. The van der Waals surface area contributed by atoms with E-state index in [0.29, 0.717) is 0 Å². The SMILES string of the molecule is C=C(C)/C=C\C(=C)SCF.CC.